The normalized spacial score (nSPS) is 18.1. The highest BCUT2D eigenvalue weighted by Crippen LogP contribution is 2.46. The third-order valence-electron chi connectivity index (χ3n) is 5.93. The highest BCUT2D eigenvalue weighted by molar-refractivity contribution is 9.10. The molecule has 5 nitrogen and oxygen atoms in total. The molecule has 1 aromatic carbocycles. The number of carboxylic acid groups (broad SMARTS) is 1. The summed E-state index contributed by atoms with van der Waals surface area (Å²) in [5.41, 5.74) is 2.56. The predicted molar refractivity (Wildman–Crippen MR) is 113 cm³/mol. The minimum Gasteiger partial charge on any atom is -0.492 e. The van der Waals surface area contributed by atoms with Gasteiger partial charge in [-0.25, -0.2) is 0 Å². The van der Waals surface area contributed by atoms with Crippen LogP contribution in [0.5, 0.6) is 11.5 Å². The second kappa shape index (κ2) is 8.05. The minimum absolute atomic E-state index is 0.0583. The molecule has 0 aliphatic carbocycles. The molecule has 1 saturated heterocycles. The first-order valence-electron chi connectivity index (χ1n) is 9.54. The minimum atomic E-state index is -0.729. The van der Waals surface area contributed by atoms with Crippen LogP contribution in [0.2, 0.25) is 0 Å². The zero-order valence-electron chi connectivity index (χ0n) is 15.9. The van der Waals surface area contributed by atoms with Crippen LogP contribution in [0, 0.1) is 6.92 Å². The molecule has 0 radical (unpaired) electrons. The summed E-state index contributed by atoms with van der Waals surface area (Å²) in [7, 11) is 0. The molecule has 1 N–H and O–H groups in total. The van der Waals surface area contributed by atoms with E-state index >= 15 is 0 Å². The van der Waals surface area contributed by atoms with E-state index in [0.717, 1.165) is 41.9 Å². The zero-order chi connectivity index (χ0) is 19.7. The number of thiophene rings is 1. The average molecular weight is 466 g/mol. The van der Waals surface area contributed by atoms with E-state index < -0.39 is 5.97 Å². The van der Waals surface area contributed by atoms with Gasteiger partial charge in [0, 0.05) is 38.3 Å². The summed E-state index contributed by atoms with van der Waals surface area (Å²) in [6.45, 7) is 5.82. The summed E-state index contributed by atoms with van der Waals surface area (Å²) in [4.78, 5) is 14.3. The molecule has 2 aromatic rings. The predicted octanol–water partition coefficient (Wildman–Crippen LogP) is 4.60. The number of benzene rings is 1. The molecule has 7 heteroatoms. The van der Waals surface area contributed by atoms with Crippen molar-refractivity contribution in [3.63, 3.8) is 0 Å². The lowest BCUT2D eigenvalue weighted by molar-refractivity contribution is -0.137. The standard InChI is InChI=1S/C21H24BrNO4S/c1-14-17(22)12-28-19(14)11-26-15-2-3-16-18(10-15)27-13-21(16)5-8-23(9-6-21)7-4-20(24)25/h2-3,10,12H,4-9,11,13H2,1H3,(H,24,25). The topological polar surface area (TPSA) is 59.0 Å². The van der Waals surface area contributed by atoms with E-state index in [1.54, 1.807) is 11.3 Å². The number of halogens is 1. The Bertz CT molecular complexity index is 873. The molecule has 2 aliphatic rings. The third kappa shape index (κ3) is 3.93. The van der Waals surface area contributed by atoms with Crippen molar-refractivity contribution in [3.05, 3.63) is 44.1 Å². The van der Waals surface area contributed by atoms with E-state index in [-0.39, 0.29) is 11.8 Å². The van der Waals surface area contributed by atoms with Crippen LogP contribution < -0.4 is 9.47 Å². The number of hydrogen-bond donors (Lipinski definition) is 1. The van der Waals surface area contributed by atoms with Crippen molar-refractivity contribution in [1.82, 2.24) is 4.90 Å². The summed E-state index contributed by atoms with van der Waals surface area (Å²) in [6.07, 6.45) is 2.21. The lowest BCUT2D eigenvalue weighted by Gasteiger charge is -2.38. The summed E-state index contributed by atoms with van der Waals surface area (Å²) in [5, 5.41) is 11.0. The van der Waals surface area contributed by atoms with Crippen LogP contribution in [0.3, 0.4) is 0 Å². The molecule has 0 saturated carbocycles. The van der Waals surface area contributed by atoms with Crippen molar-refractivity contribution in [2.75, 3.05) is 26.2 Å². The number of hydrogen-bond acceptors (Lipinski definition) is 5. The zero-order valence-corrected chi connectivity index (χ0v) is 18.3. The smallest absolute Gasteiger partial charge is 0.304 e. The third-order valence-corrected chi connectivity index (χ3v) is 8.12. The largest absolute Gasteiger partial charge is 0.492 e. The SMILES string of the molecule is Cc1c(Br)csc1COc1ccc2c(c1)OCC21CCN(CCC(=O)O)CC1. The molecule has 0 unspecified atom stereocenters. The van der Waals surface area contributed by atoms with Crippen LogP contribution in [0.4, 0.5) is 0 Å². The van der Waals surface area contributed by atoms with Gasteiger partial charge < -0.3 is 19.5 Å². The molecular weight excluding hydrogens is 442 g/mol. The summed E-state index contributed by atoms with van der Waals surface area (Å²) in [6, 6.07) is 6.21. The molecule has 1 aromatic heterocycles. The van der Waals surface area contributed by atoms with Crippen molar-refractivity contribution in [1.29, 1.82) is 0 Å². The fourth-order valence-electron chi connectivity index (χ4n) is 4.04. The molecule has 1 spiro atoms. The van der Waals surface area contributed by atoms with E-state index in [4.69, 9.17) is 14.6 Å². The fraction of sp³-hybridized carbons (Fsp3) is 0.476. The summed E-state index contributed by atoms with van der Waals surface area (Å²) in [5.74, 6) is 1.03. The Balaban J connectivity index is 1.40. The maximum Gasteiger partial charge on any atom is 0.304 e. The van der Waals surface area contributed by atoms with Gasteiger partial charge in [-0.05, 0) is 60.4 Å². The van der Waals surface area contributed by atoms with Crippen molar-refractivity contribution in [2.24, 2.45) is 0 Å². The lowest BCUT2D eigenvalue weighted by Crippen LogP contribution is -2.44. The number of aliphatic carboxylic acids is 1. The lowest BCUT2D eigenvalue weighted by atomic mass is 9.74. The Hall–Kier alpha value is -1.57. The van der Waals surface area contributed by atoms with Gasteiger partial charge in [-0.3, -0.25) is 4.79 Å². The van der Waals surface area contributed by atoms with Gasteiger partial charge in [0.25, 0.3) is 0 Å². The van der Waals surface area contributed by atoms with Gasteiger partial charge in [0.1, 0.15) is 18.1 Å². The monoisotopic (exact) mass is 465 g/mol. The number of fused-ring (bicyclic) bond motifs is 2. The van der Waals surface area contributed by atoms with Crippen molar-refractivity contribution < 1.29 is 19.4 Å². The maximum atomic E-state index is 10.8. The number of ether oxygens (including phenoxy) is 2. The van der Waals surface area contributed by atoms with E-state index in [1.807, 2.05) is 12.1 Å². The maximum absolute atomic E-state index is 10.8. The van der Waals surface area contributed by atoms with Crippen LogP contribution in [-0.4, -0.2) is 42.2 Å². The molecule has 2 aliphatic heterocycles. The molecule has 0 atom stereocenters. The fourth-order valence-corrected chi connectivity index (χ4v) is 5.53. The van der Waals surface area contributed by atoms with E-state index in [1.165, 1.54) is 16.0 Å². The number of rotatable bonds is 6. The first-order chi connectivity index (χ1) is 13.5. The number of carboxylic acids is 1. The van der Waals surface area contributed by atoms with Crippen molar-refractivity contribution >= 4 is 33.2 Å². The highest BCUT2D eigenvalue weighted by Gasteiger charge is 2.43. The van der Waals surface area contributed by atoms with Crippen molar-refractivity contribution in [2.45, 2.75) is 38.2 Å². The van der Waals surface area contributed by atoms with Crippen molar-refractivity contribution in [3.8, 4) is 11.5 Å². The van der Waals surface area contributed by atoms with Gasteiger partial charge in [-0.2, -0.15) is 0 Å². The van der Waals surface area contributed by atoms with Crippen LogP contribution in [0.1, 0.15) is 35.3 Å². The summed E-state index contributed by atoms with van der Waals surface area (Å²) < 4.78 is 13.2. The Morgan fingerprint density at radius 2 is 2.18 bits per heavy atom. The number of likely N-dealkylation sites (tertiary alicyclic amines) is 1. The number of carbonyl (C=O) groups is 1. The van der Waals surface area contributed by atoms with E-state index in [2.05, 4.69) is 39.2 Å². The van der Waals surface area contributed by atoms with Gasteiger partial charge in [-0.15, -0.1) is 11.3 Å². The Kier molecular flexibility index (Phi) is 5.67. The van der Waals surface area contributed by atoms with Gasteiger partial charge in [-0.1, -0.05) is 6.07 Å². The molecule has 4 rings (SSSR count). The molecule has 0 amide bonds. The van der Waals surface area contributed by atoms with Gasteiger partial charge >= 0.3 is 5.97 Å². The van der Waals surface area contributed by atoms with E-state index in [9.17, 15) is 4.79 Å². The van der Waals surface area contributed by atoms with Gasteiger partial charge in [0.05, 0.1) is 13.0 Å². The van der Waals surface area contributed by atoms with Crippen LogP contribution in [0.15, 0.2) is 28.1 Å². The molecule has 1 fully saturated rings. The number of piperidine rings is 1. The molecule has 3 heterocycles. The number of nitrogens with zero attached hydrogens (tertiary/aromatic N) is 1. The quantitative estimate of drug-likeness (QED) is 0.675. The van der Waals surface area contributed by atoms with Crippen LogP contribution in [-0.2, 0) is 16.8 Å². The Morgan fingerprint density at radius 1 is 1.39 bits per heavy atom. The highest BCUT2D eigenvalue weighted by atomic mass is 79.9. The van der Waals surface area contributed by atoms with Gasteiger partial charge in [0.2, 0.25) is 0 Å². The van der Waals surface area contributed by atoms with Crippen LogP contribution in [0.25, 0.3) is 0 Å². The summed E-state index contributed by atoms with van der Waals surface area (Å²) >= 11 is 5.25. The molecule has 150 valence electrons. The Labute approximate surface area is 177 Å². The second-order valence-electron chi connectivity index (χ2n) is 7.63. The van der Waals surface area contributed by atoms with Crippen LogP contribution >= 0.6 is 27.3 Å². The molecular formula is C21H24BrNO4S. The first kappa shape index (κ1) is 19.7. The second-order valence-corrected chi connectivity index (χ2v) is 9.45. The molecule has 28 heavy (non-hydrogen) atoms. The molecule has 0 bridgehead atoms. The Morgan fingerprint density at radius 3 is 2.86 bits per heavy atom. The first-order valence-corrected chi connectivity index (χ1v) is 11.2. The average Bonchev–Trinajstić information content (AvgIpc) is 3.20. The van der Waals surface area contributed by atoms with Gasteiger partial charge in [0.15, 0.2) is 0 Å². The van der Waals surface area contributed by atoms with E-state index in [0.29, 0.717) is 19.8 Å².